The van der Waals surface area contributed by atoms with E-state index in [2.05, 4.69) is 0 Å². The van der Waals surface area contributed by atoms with Crippen molar-refractivity contribution < 1.29 is 35.4 Å². The Kier molecular flexibility index (Phi) is 16.0. The molecule has 0 aliphatic rings. The van der Waals surface area contributed by atoms with Gasteiger partial charge in [-0.1, -0.05) is 44.9 Å². The van der Waals surface area contributed by atoms with E-state index in [1.165, 1.54) is 0 Å². The molecule has 0 aromatic heterocycles. The third kappa shape index (κ3) is 11.8. The van der Waals surface area contributed by atoms with Crippen LogP contribution in [0.15, 0.2) is 0 Å². The van der Waals surface area contributed by atoms with E-state index in [0.29, 0.717) is 25.7 Å². The lowest BCUT2D eigenvalue weighted by molar-refractivity contribution is -0.145. The van der Waals surface area contributed by atoms with Crippen LogP contribution in [0, 0.1) is 11.8 Å². The highest BCUT2D eigenvalue weighted by atomic mass is 16.4. The zero-order chi connectivity index (χ0) is 19.8. The van der Waals surface area contributed by atoms with Gasteiger partial charge in [0.15, 0.2) is 0 Å². The average Bonchev–Trinajstić information content (AvgIpc) is 2.62. The smallest absolute Gasteiger partial charge is 0.306 e. The van der Waals surface area contributed by atoms with Crippen LogP contribution in [0.2, 0.25) is 0 Å². The number of hydrogen-bond acceptors (Lipinski definition) is 6. The molecule has 156 valence electrons. The molecule has 0 spiro atoms. The molecule has 3 atom stereocenters. The van der Waals surface area contributed by atoms with Gasteiger partial charge in [0.05, 0.1) is 18.1 Å². The van der Waals surface area contributed by atoms with E-state index >= 15 is 0 Å². The van der Waals surface area contributed by atoms with E-state index < -0.39 is 30.0 Å². The zero-order valence-corrected chi connectivity index (χ0v) is 15.8. The van der Waals surface area contributed by atoms with Crippen molar-refractivity contribution in [3.8, 4) is 0 Å². The van der Waals surface area contributed by atoms with Crippen LogP contribution in [-0.2, 0) is 4.79 Å². The number of carbonyl (C=O) groups is 1. The topological polar surface area (TPSA) is 138 Å². The molecule has 6 N–H and O–H groups in total. The van der Waals surface area contributed by atoms with Gasteiger partial charge < -0.3 is 30.6 Å². The summed E-state index contributed by atoms with van der Waals surface area (Å²) in [5.74, 6) is -2.35. The molecule has 0 aromatic rings. The molecule has 0 rings (SSSR count). The van der Waals surface area contributed by atoms with Crippen LogP contribution in [-0.4, -0.2) is 68.6 Å². The summed E-state index contributed by atoms with van der Waals surface area (Å²) in [6.45, 7) is -0.478. The molecule has 0 heterocycles. The van der Waals surface area contributed by atoms with Crippen LogP contribution in [0.25, 0.3) is 0 Å². The Balaban J connectivity index is 3.79. The second-order valence-corrected chi connectivity index (χ2v) is 7.12. The van der Waals surface area contributed by atoms with Crippen LogP contribution >= 0.6 is 0 Å². The summed E-state index contributed by atoms with van der Waals surface area (Å²) in [4.78, 5) is 11.2. The molecule has 0 aromatic carbocycles. The first-order valence-corrected chi connectivity index (χ1v) is 9.89. The maximum Gasteiger partial charge on any atom is 0.306 e. The number of unbranched alkanes of at least 4 members (excludes halogenated alkanes) is 6. The number of hydrogen-bond donors (Lipinski definition) is 6. The lowest BCUT2D eigenvalue weighted by atomic mass is 9.88. The molecule has 0 bridgehead atoms. The van der Waals surface area contributed by atoms with Gasteiger partial charge in [-0.25, -0.2) is 0 Å². The minimum absolute atomic E-state index is 0.193. The Morgan fingerprint density at radius 3 is 1.46 bits per heavy atom. The van der Waals surface area contributed by atoms with Gasteiger partial charge >= 0.3 is 5.97 Å². The van der Waals surface area contributed by atoms with Gasteiger partial charge in [-0.3, -0.25) is 4.79 Å². The number of aliphatic hydroxyl groups is 5. The Morgan fingerprint density at radius 2 is 1.08 bits per heavy atom. The fourth-order valence-electron chi connectivity index (χ4n) is 3.15. The maximum atomic E-state index is 11.2. The summed E-state index contributed by atoms with van der Waals surface area (Å²) in [5.41, 5.74) is 0. The molecule has 0 radical (unpaired) electrons. The van der Waals surface area contributed by atoms with Crippen LogP contribution in [0.1, 0.15) is 70.6 Å². The standard InChI is InChI=1S/C19H38O7/c20-12-8-4-3-7-11-18(24)17(23)10-6-2-1-5-9-16(19(25)26)15(13-21)14-22/h15-18,20-24H,1-14H2,(H,25,26). The third-order valence-corrected chi connectivity index (χ3v) is 4.97. The highest BCUT2D eigenvalue weighted by molar-refractivity contribution is 5.70. The lowest BCUT2D eigenvalue weighted by Crippen LogP contribution is -2.29. The molecule has 0 amide bonds. The Labute approximate surface area is 156 Å². The molecule has 7 heteroatoms. The summed E-state index contributed by atoms with van der Waals surface area (Å²) in [7, 11) is 0. The van der Waals surface area contributed by atoms with Crippen LogP contribution in [0.5, 0.6) is 0 Å². The fraction of sp³-hybridized carbons (Fsp3) is 0.947. The molecular weight excluding hydrogens is 340 g/mol. The van der Waals surface area contributed by atoms with E-state index in [-0.39, 0.29) is 19.8 Å². The SMILES string of the molecule is O=C(O)C(CCCCCCC(O)C(O)CCCCCCO)C(CO)CO. The van der Waals surface area contributed by atoms with Crippen molar-refractivity contribution in [2.24, 2.45) is 11.8 Å². The largest absolute Gasteiger partial charge is 0.481 e. The van der Waals surface area contributed by atoms with Gasteiger partial charge in [0.1, 0.15) is 0 Å². The van der Waals surface area contributed by atoms with Gasteiger partial charge in [-0.2, -0.15) is 0 Å². The van der Waals surface area contributed by atoms with Crippen molar-refractivity contribution in [2.75, 3.05) is 19.8 Å². The molecular formula is C19H38O7. The van der Waals surface area contributed by atoms with Crippen molar-refractivity contribution in [1.82, 2.24) is 0 Å². The van der Waals surface area contributed by atoms with Crippen LogP contribution in [0.3, 0.4) is 0 Å². The first-order valence-electron chi connectivity index (χ1n) is 9.89. The van der Waals surface area contributed by atoms with E-state index in [1.54, 1.807) is 0 Å². The summed E-state index contributed by atoms with van der Waals surface area (Å²) in [6.07, 6.45) is 6.68. The molecule has 0 saturated carbocycles. The number of aliphatic carboxylic acids is 1. The van der Waals surface area contributed by atoms with E-state index in [1.807, 2.05) is 0 Å². The minimum Gasteiger partial charge on any atom is -0.481 e. The van der Waals surface area contributed by atoms with Gasteiger partial charge in [0, 0.05) is 25.7 Å². The maximum absolute atomic E-state index is 11.2. The molecule has 7 nitrogen and oxygen atoms in total. The monoisotopic (exact) mass is 378 g/mol. The van der Waals surface area contributed by atoms with Gasteiger partial charge in [-0.15, -0.1) is 0 Å². The Hall–Kier alpha value is -0.730. The highest BCUT2D eigenvalue weighted by Crippen LogP contribution is 2.20. The molecule has 0 fully saturated rings. The first-order chi connectivity index (χ1) is 12.5. The zero-order valence-electron chi connectivity index (χ0n) is 15.8. The summed E-state index contributed by atoms with van der Waals surface area (Å²) in [5, 5.41) is 56.0. The van der Waals surface area contributed by atoms with E-state index in [0.717, 1.165) is 44.9 Å². The van der Waals surface area contributed by atoms with Crippen molar-refractivity contribution in [3.63, 3.8) is 0 Å². The third-order valence-electron chi connectivity index (χ3n) is 4.97. The average molecular weight is 379 g/mol. The summed E-state index contributed by atoms with van der Waals surface area (Å²) >= 11 is 0. The molecule has 0 aliphatic carbocycles. The predicted molar refractivity (Wildman–Crippen MR) is 98.7 cm³/mol. The summed E-state index contributed by atoms with van der Waals surface area (Å²) < 4.78 is 0. The lowest BCUT2D eigenvalue weighted by Gasteiger charge is -2.20. The van der Waals surface area contributed by atoms with Crippen molar-refractivity contribution >= 4 is 5.97 Å². The van der Waals surface area contributed by atoms with E-state index in [9.17, 15) is 15.0 Å². The van der Waals surface area contributed by atoms with Gasteiger partial charge in [-0.05, 0) is 25.7 Å². The highest BCUT2D eigenvalue weighted by Gasteiger charge is 2.26. The number of aliphatic hydroxyl groups excluding tert-OH is 5. The van der Waals surface area contributed by atoms with Crippen LogP contribution < -0.4 is 0 Å². The molecule has 0 aliphatic heterocycles. The number of rotatable bonds is 18. The quantitative estimate of drug-likeness (QED) is 0.198. The number of carboxylic acid groups (broad SMARTS) is 1. The Morgan fingerprint density at radius 1 is 0.654 bits per heavy atom. The second-order valence-electron chi connectivity index (χ2n) is 7.12. The van der Waals surface area contributed by atoms with Crippen LogP contribution in [0.4, 0.5) is 0 Å². The van der Waals surface area contributed by atoms with Gasteiger partial charge in [0.25, 0.3) is 0 Å². The fourth-order valence-corrected chi connectivity index (χ4v) is 3.15. The van der Waals surface area contributed by atoms with E-state index in [4.69, 9.17) is 20.4 Å². The normalized spacial score (nSPS) is 15.2. The van der Waals surface area contributed by atoms with Crippen molar-refractivity contribution in [1.29, 1.82) is 0 Å². The van der Waals surface area contributed by atoms with Crippen molar-refractivity contribution in [2.45, 2.75) is 82.8 Å². The molecule has 3 unspecified atom stereocenters. The number of carboxylic acids is 1. The predicted octanol–water partition coefficient (Wildman–Crippen LogP) is 1.29. The van der Waals surface area contributed by atoms with Gasteiger partial charge in [0.2, 0.25) is 0 Å². The first kappa shape index (κ1) is 25.3. The second kappa shape index (κ2) is 16.4. The summed E-state index contributed by atoms with van der Waals surface area (Å²) in [6, 6.07) is 0. The minimum atomic E-state index is -0.990. The van der Waals surface area contributed by atoms with Crippen molar-refractivity contribution in [3.05, 3.63) is 0 Å². The molecule has 26 heavy (non-hydrogen) atoms. The Bertz CT molecular complexity index is 334. The molecule has 0 saturated heterocycles.